The largest absolute Gasteiger partial charge is 0.489 e. The number of carbonyl (C=O) groups is 3. The molecule has 8 heteroatoms. The second-order valence-electron chi connectivity index (χ2n) is 6.57. The van der Waals surface area contributed by atoms with E-state index in [1.807, 2.05) is 36.4 Å². The van der Waals surface area contributed by atoms with Crippen LogP contribution in [0.25, 0.3) is 0 Å². The van der Waals surface area contributed by atoms with Crippen molar-refractivity contribution in [2.45, 2.75) is 6.61 Å². The standard InChI is InChI=1S/C24H21N3O5/c1-31-24(30)19-10-12-20(13-11-19)26-22(28)23(29)27-25-15-18-8-5-9-21(14-18)32-16-17-6-3-2-4-7-17/h2-15H,16H2,1H3,(H,26,28)(H,27,29)/b25-15+. The predicted octanol–water partition coefficient (Wildman–Crippen LogP) is 3.14. The van der Waals surface area contributed by atoms with Gasteiger partial charge in [0.05, 0.1) is 18.9 Å². The van der Waals surface area contributed by atoms with Crippen LogP contribution in [0.15, 0.2) is 84.0 Å². The van der Waals surface area contributed by atoms with Crippen LogP contribution in [0, 0.1) is 0 Å². The normalized spacial score (nSPS) is 10.4. The molecule has 0 spiro atoms. The molecule has 3 aromatic rings. The number of benzene rings is 3. The van der Waals surface area contributed by atoms with Gasteiger partial charge in [-0.1, -0.05) is 42.5 Å². The monoisotopic (exact) mass is 431 g/mol. The zero-order valence-electron chi connectivity index (χ0n) is 17.3. The van der Waals surface area contributed by atoms with Gasteiger partial charge in [-0.05, 0) is 47.5 Å². The van der Waals surface area contributed by atoms with Gasteiger partial charge in [-0.25, -0.2) is 10.2 Å². The Morgan fingerprint density at radius 2 is 1.66 bits per heavy atom. The predicted molar refractivity (Wildman–Crippen MR) is 119 cm³/mol. The fourth-order valence-corrected chi connectivity index (χ4v) is 2.64. The first-order valence-corrected chi connectivity index (χ1v) is 9.64. The van der Waals surface area contributed by atoms with E-state index in [0.29, 0.717) is 29.2 Å². The molecule has 2 amide bonds. The molecule has 0 radical (unpaired) electrons. The molecule has 0 unspecified atom stereocenters. The van der Waals surface area contributed by atoms with Crippen LogP contribution in [0.1, 0.15) is 21.5 Å². The van der Waals surface area contributed by atoms with Crippen LogP contribution in [0.4, 0.5) is 5.69 Å². The molecular formula is C24H21N3O5. The van der Waals surface area contributed by atoms with Gasteiger partial charge in [-0.15, -0.1) is 0 Å². The molecule has 0 saturated carbocycles. The molecule has 0 aliphatic carbocycles. The Morgan fingerprint density at radius 3 is 2.38 bits per heavy atom. The first-order valence-electron chi connectivity index (χ1n) is 9.64. The van der Waals surface area contributed by atoms with Gasteiger partial charge in [0, 0.05) is 5.69 Å². The van der Waals surface area contributed by atoms with Crippen molar-refractivity contribution in [1.29, 1.82) is 0 Å². The maximum Gasteiger partial charge on any atom is 0.337 e. The second-order valence-corrected chi connectivity index (χ2v) is 6.57. The van der Waals surface area contributed by atoms with Crippen molar-refractivity contribution in [3.63, 3.8) is 0 Å². The Bertz CT molecular complexity index is 1110. The van der Waals surface area contributed by atoms with Gasteiger partial charge in [0.2, 0.25) is 0 Å². The zero-order chi connectivity index (χ0) is 22.8. The molecule has 3 aromatic carbocycles. The van der Waals surface area contributed by atoms with E-state index >= 15 is 0 Å². The van der Waals surface area contributed by atoms with E-state index in [0.717, 1.165) is 5.56 Å². The minimum atomic E-state index is -0.935. The average Bonchev–Trinajstić information content (AvgIpc) is 2.83. The maximum atomic E-state index is 12.0. The highest BCUT2D eigenvalue weighted by Gasteiger charge is 2.13. The Kier molecular flexibility index (Phi) is 7.69. The summed E-state index contributed by atoms with van der Waals surface area (Å²) in [7, 11) is 1.27. The van der Waals surface area contributed by atoms with Gasteiger partial charge in [0.25, 0.3) is 0 Å². The summed E-state index contributed by atoms with van der Waals surface area (Å²) in [4.78, 5) is 35.4. The summed E-state index contributed by atoms with van der Waals surface area (Å²) in [5.41, 5.74) is 4.59. The first-order chi connectivity index (χ1) is 15.5. The molecule has 3 rings (SSSR count). The van der Waals surface area contributed by atoms with E-state index in [-0.39, 0.29) is 0 Å². The molecule has 0 aliphatic rings. The highest BCUT2D eigenvalue weighted by Crippen LogP contribution is 2.14. The van der Waals surface area contributed by atoms with E-state index in [1.165, 1.54) is 37.6 Å². The third-order valence-corrected chi connectivity index (χ3v) is 4.26. The van der Waals surface area contributed by atoms with Crippen molar-refractivity contribution in [3.8, 4) is 5.75 Å². The van der Waals surface area contributed by atoms with Gasteiger partial charge in [-0.3, -0.25) is 9.59 Å². The number of hydrazone groups is 1. The van der Waals surface area contributed by atoms with Gasteiger partial charge < -0.3 is 14.8 Å². The Labute approximate surface area is 184 Å². The third-order valence-electron chi connectivity index (χ3n) is 4.26. The summed E-state index contributed by atoms with van der Waals surface area (Å²) in [6, 6.07) is 22.9. The highest BCUT2D eigenvalue weighted by molar-refractivity contribution is 6.39. The number of amides is 2. The zero-order valence-corrected chi connectivity index (χ0v) is 17.3. The number of nitrogens with one attached hydrogen (secondary N) is 2. The van der Waals surface area contributed by atoms with Gasteiger partial charge in [0.15, 0.2) is 0 Å². The number of rotatable bonds is 7. The number of carbonyl (C=O) groups excluding carboxylic acids is 3. The Balaban J connectivity index is 1.50. The summed E-state index contributed by atoms with van der Waals surface area (Å²) < 4.78 is 10.4. The number of nitrogens with zero attached hydrogens (tertiary/aromatic N) is 1. The maximum absolute atomic E-state index is 12.0. The highest BCUT2D eigenvalue weighted by atomic mass is 16.5. The third kappa shape index (κ3) is 6.53. The van der Waals surface area contributed by atoms with E-state index in [1.54, 1.807) is 18.2 Å². The van der Waals surface area contributed by atoms with Crippen molar-refractivity contribution >= 4 is 29.7 Å². The lowest BCUT2D eigenvalue weighted by Crippen LogP contribution is -2.32. The summed E-state index contributed by atoms with van der Waals surface area (Å²) >= 11 is 0. The minimum absolute atomic E-state index is 0.328. The second kappa shape index (κ2) is 11.1. The smallest absolute Gasteiger partial charge is 0.337 e. The Morgan fingerprint density at radius 1 is 0.906 bits per heavy atom. The minimum Gasteiger partial charge on any atom is -0.489 e. The number of methoxy groups -OCH3 is 1. The SMILES string of the molecule is COC(=O)c1ccc(NC(=O)C(=O)N/N=C/c2cccc(OCc3ccccc3)c2)cc1. The van der Waals surface area contributed by atoms with E-state index in [2.05, 4.69) is 20.6 Å². The molecule has 0 heterocycles. The lowest BCUT2D eigenvalue weighted by molar-refractivity contribution is -0.136. The van der Waals surface area contributed by atoms with E-state index in [9.17, 15) is 14.4 Å². The van der Waals surface area contributed by atoms with Crippen LogP contribution in [-0.4, -0.2) is 31.1 Å². The molecule has 0 bridgehead atoms. The van der Waals surface area contributed by atoms with Crippen LogP contribution < -0.4 is 15.5 Å². The molecule has 0 aromatic heterocycles. The molecule has 0 atom stereocenters. The lowest BCUT2D eigenvalue weighted by Gasteiger charge is -2.07. The quantitative estimate of drug-likeness (QED) is 0.259. The molecule has 8 nitrogen and oxygen atoms in total. The molecule has 0 saturated heterocycles. The molecule has 0 aliphatic heterocycles. The van der Waals surface area contributed by atoms with Crippen molar-refractivity contribution < 1.29 is 23.9 Å². The first kappa shape index (κ1) is 22.2. The van der Waals surface area contributed by atoms with Crippen molar-refractivity contribution in [2.24, 2.45) is 5.10 Å². The summed E-state index contributed by atoms with van der Waals surface area (Å²) in [5.74, 6) is -1.68. The van der Waals surface area contributed by atoms with Crippen LogP contribution >= 0.6 is 0 Å². The van der Waals surface area contributed by atoms with Gasteiger partial charge in [-0.2, -0.15) is 5.10 Å². The fourth-order valence-electron chi connectivity index (χ4n) is 2.64. The van der Waals surface area contributed by atoms with Gasteiger partial charge in [0.1, 0.15) is 12.4 Å². The van der Waals surface area contributed by atoms with E-state index < -0.39 is 17.8 Å². The molecule has 32 heavy (non-hydrogen) atoms. The summed E-state index contributed by atoms with van der Waals surface area (Å²) in [6.45, 7) is 0.430. The molecule has 2 N–H and O–H groups in total. The molecule has 162 valence electrons. The van der Waals surface area contributed by atoms with Crippen LogP contribution in [0.5, 0.6) is 5.75 Å². The summed E-state index contributed by atoms with van der Waals surface area (Å²) in [6.07, 6.45) is 1.41. The van der Waals surface area contributed by atoms with Crippen LogP contribution in [0.3, 0.4) is 0 Å². The molecule has 0 fully saturated rings. The lowest BCUT2D eigenvalue weighted by atomic mass is 10.2. The Hall–Kier alpha value is -4.46. The van der Waals surface area contributed by atoms with Crippen molar-refractivity contribution in [3.05, 3.63) is 95.6 Å². The number of hydrogen-bond donors (Lipinski definition) is 2. The van der Waals surface area contributed by atoms with Crippen molar-refractivity contribution in [1.82, 2.24) is 5.43 Å². The van der Waals surface area contributed by atoms with E-state index in [4.69, 9.17) is 4.74 Å². The summed E-state index contributed by atoms with van der Waals surface area (Å²) in [5, 5.41) is 6.23. The number of ether oxygens (including phenoxy) is 2. The average molecular weight is 431 g/mol. The molecular weight excluding hydrogens is 410 g/mol. The van der Waals surface area contributed by atoms with Crippen molar-refractivity contribution in [2.75, 3.05) is 12.4 Å². The fraction of sp³-hybridized carbons (Fsp3) is 0.0833. The van der Waals surface area contributed by atoms with Gasteiger partial charge >= 0.3 is 17.8 Å². The van der Waals surface area contributed by atoms with Crippen LogP contribution in [0.2, 0.25) is 0 Å². The topological polar surface area (TPSA) is 106 Å². The number of hydrogen-bond acceptors (Lipinski definition) is 6. The number of esters is 1. The number of anilines is 1. The van der Waals surface area contributed by atoms with Crippen LogP contribution in [-0.2, 0) is 20.9 Å².